The molecule has 0 spiro atoms. The molecule has 2 atom stereocenters. The van der Waals surface area contributed by atoms with Crippen LogP contribution >= 0.6 is 0 Å². The van der Waals surface area contributed by atoms with Crippen LogP contribution in [0.2, 0.25) is 0 Å². The molecule has 1 saturated heterocycles. The fourth-order valence-electron chi connectivity index (χ4n) is 3.59. The van der Waals surface area contributed by atoms with Gasteiger partial charge in [-0.3, -0.25) is 9.69 Å². The monoisotopic (exact) mass is 350 g/mol. The summed E-state index contributed by atoms with van der Waals surface area (Å²) in [6, 6.07) is 21.5. The number of rotatable bonds is 5. The fraction of sp³-hybridized carbons (Fsp3) is 0.435. The maximum Gasteiger partial charge on any atom is 0.225 e. The first-order valence-corrected chi connectivity index (χ1v) is 9.68. The maximum absolute atomic E-state index is 12.9. The van der Waals surface area contributed by atoms with Crippen molar-refractivity contribution in [2.75, 3.05) is 19.6 Å². The Morgan fingerprint density at radius 1 is 0.962 bits per heavy atom. The molecule has 3 nitrogen and oxygen atoms in total. The predicted octanol–water partition coefficient (Wildman–Crippen LogP) is 4.36. The van der Waals surface area contributed by atoms with Crippen molar-refractivity contribution >= 4 is 5.91 Å². The molecule has 0 aromatic heterocycles. The van der Waals surface area contributed by atoms with Gasteiger partial charge < -0.3 is 4.90 Å². The summed E-state index contributed by atoms with van der Waals surface area (Å²) >= 11 is 0. The van der Waals surface area contributed by atoms with Crippen LogP contribution in [0.1, 0.15) is 37.9 Å². The number of carbonyl (C=O) groups excluding carboxylic acids is 1. The lowest BCUT2D eigenvalue weighted by molar-refractivity contribution is -0.139. The minimum absolute atomic E-state index is 0.0760. The SMILES string of the molecule is CC(C)C(C)C(=O)N1CCN(Cc2ccccc2)C(c2ccccc2)C1. The van der Waals surface area contributed by atoms with Gasteiger partial charge in [0.05, 0.1) is 6.04 Å². The zero-order valence-corrected chi connectivity index (χ0v) is 16.1. The smallest absolute Gasteiger partial charge is 0.225 e. The van der Waals surface area contributed by atoms with Gasteiger partial charge in [0.2, 0.25) is 5.91 Å². The number of nitrogens with zero attached hydrogens (tertiary/aromatic N) is 2. The normalized spacial score (nSPS) is 19.5. The summed E-state index contributed by atoms with van der Waals surface area (Å²) in [5.41, 5.74) is 2.61. The number of benzene rings is 2. The molecule has 26 heavy (non-hydrogen) atoms. The summed E-state index contributed by atoms with van der Waals surface area (Å²) in [6.45, 7) is 9.72. The molecule has 1 aliphatic heterocycles. The minimum Gasteiger partial charge on any atom is -0.339 e. The van der Waals surface area contributed by atoms with Gasteiger partial charge in [-0.1, -0.05) is 81.4 Å². The zero-order chi connectivity index (χ0) is 18.5. The number of amides is 1. The van der Waals surface area contributed by atoms with E-state index in [1.165, 1.54) is 11.1 Å². The number of carbonyl (C=O) groups is 1. The average Bonchev–Trinajstić information content (AvgIpc) is 2.68. The van der Waals surface area contributed by atoms with Crippen molar-refractivity contribution in [3.63, 3.8) is 0 Å². The Morgan fingerprint density at radius 2 is 1.58 bits per heavy atom. The first-order chi connectivity index (χ1) is 12.6. The number of hydrogen-bond acceptors (Lipinski definition) is 2. The third-order valence-electron chi connectivity index (χ3n) is 5.61. The fourth-order valence-corrected chi connectivity index (χ4v) is 3.59. The first kappa shape index (κ1) is 18.7. The van der Waals surface area contributed by atoms with Crippen LogP contribution in [0.25, 0.3) is 0 Å². The summed E-state index contributed by atoms with van der Waals surface area (Å²) in [4.78, 5) is 17.5. The lowest BCUT2D eigenvalue weighted by atomic mass is 9.95. The van der Waals surface area contributed by atoms with Crippen molar-refractivity contribution in [1.82, 2.24) is 9.80 Å². The molecule has 0 aliphatic carbocycles. The van der Waals surface area contributed by atoms with E-state index in [9.17, 15) is 4.79 Å². The largest absolute Gasteiger partial charge is 0.339 e. The Labute approximate surface area is 157 Å². The summed E-state index contributed by atoms with van der Waals surface area (Å²) in [7, 11) is 0. The van der Waals surface area contributed by atoms with E-state index >= 15 is 0 Å². The van der Waals surface area contributed by atoms with Gasteiger partial charge in [-0.05, 0) is 17.0 Å². The Kier molecular flexibility index (Phi) is 6.10. The molecule has 2 unspecified atom stereocenters. The van der Waals surface area contributed by atoms with Gasteiger partial charge in [0.15, 0.2) is 0 Å². The summed E-state index contributed by atoms with van der Waals surface area (Å²) in [6.07, 6.45) is 0. The number of hydrogen-bond donors (Lipinski definition) is 0. The molecule has 3 rings (SSSR count). The second-order valence-corrected chi connectivity index (χ2v) is 7.70. The highest BCUT2D eigenvalue weighted by molar-refractivity contribution is 5.79. The molecule has 1 fully saturated rings. The predicted molar refractivity (Wildman–Crippen MR) is 107 cm³/mol. The molecule has 0 N–H and O–H groups in total. The minimum atomic E-state index is 0.0760. The van der Waals surface area contributed by atoms with Gasteiger partial charge in [0.25, 0.3) is 0 Å². The Morgan fingerprint density at radius 3 is 2.19 bits per heavy atom. The maximum atomic E-state index is 12.9. The van der Waals surface area contributed by atoms with E-state index in [0.717, 1.165) is 26.2 Å². The van der Waals surface area contributed by atoms with E-state index in [0.29, 0.717) is 11.8 Å². The van der Waals surface area contributed by atoms with Crippen LogP contribution in [-0.4, -0.2) is 35.3 Å². The molecule has 3 heteroatoms. The van der Waals surface area contributed by atoms with E-state index < -0.39 is 0 Å². The number of piperazine rings is 1. The molecule has 1 amide bonds. The molecule has 0 radical (unpaired) electrons. The molecule has 138 valence electrons. The van der Waals surface area contributed by atoms with E-state index in [-0.39, 0.29) is 12.0 Å². The van der Waals surface area contributed by atoms with Crippen LogP contribution in [0.4, 0.5) is 0 Å². The van der Waals surface area contributed by atoms with E-state index in [2.05, 4.69) is 91.2 Å². The highest BCUT2D eigenvalue weighted by Crippen LogP contribution is 2.28. The Hall–Kier alpha value is -2.13. The Balaban J connectivity index is 1.80. The lowest BCUT2D eigenvalue weighted by Crippen LogP contribution is -2.51. The molecule has 2 aromatic rings. The van der Waals surface area contributed by atoms with Gasteiger partial charge in [0.1, 0.15) is 0 Å². The van der Waals surface area contributed by atoms with Crippen molar-refractivity contribution in [1.29, 1.82) is 0 Å². The van der Waals surface area contributed by atoms with E-state index in [1.807, 2.05) is 0 Å². The highest BCUT2D eigenvalue weighted by Gasteiger charge is 2.32. The summed E-state index contributed by atoms with van der Waals surface area (Å²) < 4.78 is 0. The molecular weight excluding hydrogens is 320 g/mol. The standard InChI is InChI=1S/C23H30N2O/c1-18(2)19(3)23(26)25-15-14-24(16-20-10-6-4-7-11-20)22(17-25)21-12-8-5-9-13-21/h4-13,18-19,22H,14-17H2,1-3H3. The second kappa shape index (κ2) is 8.50. The van der Waals surface area contributed by atoms with Gasteiger partial charge in [-0.2, -0.15) is 0 Å². The summed E-state index contributed by atoms with van der Waals surface area (Å²) in [5, 5.41) is 0. The van der Waals surface area contributed by atoms with Crippen molar-refractivity contribution in [3.05, 3.63) is 71.8 Å². The quantitative estimate of drug-likeness (QED) is 0.800. The third-order valence-corrected chi connectivity index (χ3v) is 5.61. The lowest BCUT2D eigenvalue weighted by Gasteiger charge is -2.43. The van der Waals surface area contributed by atoms with E-state index in [1.54, 1.807) is 0 Å². The molecule has 0 saturated carbocycles. The van der Waals surface area contributed by atoms with Gasteiger partial charge >= 0.3 is 0 Å². The molecular formula is C23H30N2O. The van der Waals surface area contributed by atoms with Crippen LogP contribution in [0.15, 0.2) is 60.7 Å². The van der Waals surface area contributed by atoms with Gasteiger partial charge in [-0.15, -0.1) is 0 Å². The van der Waals surface area contributed by atoms with Crippen molar-refractivity contribution in [2.24, 2.45) is 11.8 Å². The van der Waals surface area contributed by atoms with Crippen LogP contribution < -0.4 is 0 Å². The van der Waals surface area contributed by atoms with Crippen LogP contribution in [0.5, 0.6) is 0 Å². The van der Waals surface area contributed by atoms with Crippen LogP contribution in [0.3, 0.4) is 0 Å². The molecule has 1 heterocycles. The van der Waals surface area contributed by atoms with Crippen LogP contribution in [0, 0.1) is 11.8 Å². The van der Waals surface area contributed by atoms with Gasteiger partial charge in [0, 0.05) is 32.1 Å². The van der Waals surface area contributed by atoms with Crippen molar-refractivity contribution in [3.8, 4) is 0 Å². The average molecular weight is 351 g/mol. The van der Waals surface area contributed by atoms with E-state index in [4.69, 9.17) is 0 Å². The molecule has 2 aromatic carbocycles. The van der Waals surface area contributed by atoms with Crippen LogP contribution in [-0.2, 0) is 11.3 Å². The first-order valence-electron chi connectivity index (χ1n) is 9.68. The van der Waals surface area contributed by atoms with Crippen molar-refractivity contribution in [2.45, 2.75) is 33.4 Å². The topological polar surface area (TPSA) is 23.6 Å². The van der Waals surface area contributed by atoms with Gasteiger partial charge in [-0.25, -0.2) is 0 Å². The second-order valence-electron chi connectivity index (χ2n) is 7.70. The highest BCUT2D eigenvalue weighted by atomic mass is 16.2. The summed E-state index contributed by atoms with van der Waals surface area (Å²) in [5.74, 6) is 0.743. The third kappa shape index (κ3) is 4.34. The Bertz CT molecular complexity index is 699. The zero-order valence-electron chi connectivity index (χ0n) is 16.1. The molecule has 1 aliphatic rings. The molecule has 0 bridgehead atoms. The van der Waals surface area contributed by atoms with Crippen molar-refractivity contribution < 1.29 is 4.79 Å².